The molecule has 3 nitrogen and oxygen atoms in total. The Morgan fingerprint density at radius 2 is 2.40 bits per heavy atom. The molecular formula is C12H13NO2. The molecule has 15 heavy (non-hydrogen) atoms. The highest BCUT2D eigenvalue weighted by Crippen LogP contribution is 2.09. The van der Waals surface area contributed by atoms with Gasteiger partial charge in [0.1, 0.15) is 0 Å². The Morgan fingerprint density at radius 1 is 1.60 bits per heavy atom. The van der Waals surface area contributed by atoms with Crippen molar-refractivity contribution in [2.24, 2.45) is 0 Å². The summed E-state index contributed by atoms with van der Waals surface area (Å²) in [5, 5.41) is 2.59. The fraction of sp³-hybridized carbons (Fsp3) is 0.250. The average Bonchev–Trinajstić information content (AvgIpc) is 2.26. The van der Waals surface area contributed by atoms with Crippen molar-refractivity contribution >= 4 is 11.8 Å². The lowest BCUT2D eigenvalue weighted by molar-refractivity contribution is 0.161. The van der Waals surface area contributed by atoms with Crippen LogP contribution in [0.25, 0.3) is 0 Å². The zero-order chi connectivity index (χ0) is 11.1. The van der Waals surface area contributed by atoms with Gasteiger partial charge in [0.05, 0.1) is 6.61 Å². The first kappa shape index (κ1) is 11.1. The summed E-state index contributed by atoms with van der Waals surface area (Å²) in [7, 11) is 0. The van der Waals surface area contributed by atoms with Gasteiger partial charge in [0.15, 0.2) is 0 Å². The SMILES string of the molecule is C#Cc1cccc(NC(=O)OCCC)c1. The number of ether oxygens (including phenoxy) is 1. The third-order valence-corrected chi connectivity index (χ3v) is 1.71. The van der Waals surface area contributed by atoms with E-state index in [0.29, 0.717) is 12.3 Å². The molecule has 0 spiro atoms. The van der Waals surface area contributed by atoms with E-state index in [0.717, 1.165) is 12.0 Å². The van der Waals surface area contributed by atoms with Crippen molar-refractivity contribution in [1.29, 1.82) is 0 Å². The molecule has 0 atom stereocenters. The van der Waals surface area contributed by atoms with Gasteiger partial charge in [0.25, 0.3) is 0 Å². The minimum absolute atomic E-state index is 0.417. The smallest absolute Gasteiger partial charge is 0.411 e. The zero-order valence-electron chi connectivity index (χ0n) is 8.62. The molecule has 78 valence electrons. The Morgan fingerprint density at radius 3 is 3.07 bits per heavy atom. The third-order valence-electron chi connectivity index (χ3n) is 1.71. The number of amides is 1. The summed E-state index contributed by atoms with van der Waals surface area (Å²) < 4.78 is 4.87. The first-order valence-corrected chi connectivity index (χ1v) is 4.76. The number of nitrogens with one attached hydrogen (secondary N) is 1. The Balaban J connectivity index is 2.57. The van der Waals surface area contributed by atoms with Gasteiger partial charge in [0.2, 0.25) is 0 Å². The van der Waals surface area contributed by atoms with Crippen LogP contribution < -0.4 is 5.32 Å². The van der Waals surface area contributed by atoms with Crippen LogP contribution in [0, 0.1) is 12.3 Å². The van der Waals surface area contributed by atoms with E-state index in [9.17, 15) is 4.79 Å². The summed E-state index contributed by atoms with van der Waals surface area (Å²) in [5.74, 6) is 2.49. The van der Waals surface area contributed by atoms with Crippen molar-refractivity contribution in [2.75, 3.05) is 11.9 Å². The van der Waals surface area contributed by atoms with E-state index in [4.69, 9.17) is 11.2 Å². The lowest BCUT2D eigenvalue weighted by atomic mass is 10.2. The molecule has 1 N–H and O–H groups in total. The van der Waals surface area contributed by atoms with Gasteiger partial charge in [-0.2, -0.15) is 0 Å². The molecule has 0 fully saturated rings. The molecule has 0 aliphatic rings. The molecule has 0 saturated heterocycles. The highest BCUT2D eigenvalue weighted by atomic mass is 16.5. The average molecular weight is 203 g/mol. The number of anilines is 1. The maximum Gasteiger partial charge on any atom is 0.411 e. The maximum absolute atomic E-state index is 11.2. The molecule has 1 aromatic carbocycles. The molecule has 1 amide bonds. The lowest BCUT2D eigenvalue weighted by Crippen LogP contribution is -2.13. The Labute approximate surface area is 89.4 Å². The molecule has 0 radical (unpaired) electrons. The van der Waals surface area contributed by atoms with Gasteiger partial charge in [-0.1, -0.05) is 18.9 Å². The Bertz CT molecular complexity index is 379. The number of hydrogen-bond donors (Lipinski definition) is 1. The molecular weight excluding hydrogens is 190 g/mol. The van der Waals surface area contributed by atoms with Crippen LogP contribution in [-0.4, -0.2) is 12.7 Å². The Kier molecular flexibility index (Phi) is 4.24. The predicted molar refractivity (Wildman–Crippen MR) is 59.6 cm³/mol. The summed E-state index contributed by atoms with van der Waals surface area (Å²) in [6, 6.07) is 7.05. The number of terminal acetylenes is 1. The maximum atomic E-state index is 11.2. The van der Waals surface area contributed by atoms with Crippen LogP contribution in [0.2, 0.25) is 0 Å². The summed E-state index contributed by atoms with van der Waals surface area (Å²) in [6.45, 7) is 2.35. The van der Waals surface area contributed by atoms with Gasteiger partial charge in [-0.25, -0.2) is 4.79 Å². The van der Waals surface area contributed by atoms with Crippen LogP contribution in [0.1, 0.15) is 18.9 Å². The second-order valence-corrected chi connectivity index (χ2v) is 2.99. The molecule has 3 heteroatoms. The predicted octanol–water partition coefficient (Wildman–Crippen LogP) is 2.63. The van der Waals surface area contributed by atoms with Crippen molar-refractivity contribution in [1.82, 2.24) is 0 Å². The molecule has 1 rings (SSSR count). The summed E-state index contributed by atoms with van der Waals surface area (Å²) >= 11 is 0. The molecule has 0 heterocycles. The van der Waals surface area contributed by atoms with Gasteiger partial charge in [-0.05, 0) is 24.6 Å². The highest BCUT2D eigenvalue weighted by Gasteiger charge is 2.01. The van der Waals surface area contributed by atoms with Gasteiger partial charge < -0.3 is 4.74 Å². The topological polar surface area (TPSA) is 38.3 Å². The van der Waals surface area contributed by atoms with Crippen LogP contribution in [-0.2, 0) is 4.74 Å². The van der Waals surface area contributed by atoms with Gasteiger partial charge in [0, 0.05) is 11.3 Å². The number of benzene rings is 1. The molecule has 1 aromatic rings. The Hall–Kier alpha value is -1.95. The number of hydrogen-bond acceptors (Lipinski definition) is 2. The van der Waals surface area contributed by atoms with Gasteiger partial charge in [-0.15, -0.1) is 6.42 Å². The number of carbonyl (C=O) groups is 1. The first-order chi connectivity index (χ1) is 7.26. The van der Waals surface area contributed by atoms with Gasteiger partial charge in [-0.3, -0.25) is 5.32 Å². The third kappa shape index (κ3) is 3.74. The largest absolute Gasteiger partial charge is 0.449 e. The molecule has 0 aliphatic heterocycles. The van der Waals surface area contributed by atoms with E-state index >= 15 is 0 Å². The van der Waals surface area contributed by atoms with E-state index in [1.807, 2.05) is 6.92 Å². The molecule has 0 saturated carbocycles. The standard InChI is InChI=1S/C12H13NO2/c1-3-8-15-12(14)13-11-7-5-6-10(4-2)9-11/h2,5-7,9H,3,8H2,1H3,(H,13,14). The van der Waals surface area contributed by atoms with Crippen LogP contribution in [0.5, 0.6) is 0 Å². The molecule has 0 aromatic heterocycles. The van der Waals surface area contributed by atoms with E-state index in [1.165, 1.54) is 0 Å². The molecule has 0 unspecified atom stereocenters. The fourth-order valence-electron chi connectivity index (χ4n) is 1.04. The minimum atomic E-state index is -0.453. The summed E-state index contributed by atoms with van der Waals surface area (Å²) in [4.78, 5) is 11.2. The van der Waals surface area contributed by atoms with Crippen molar-refractivity contribution in [3.05, 3.63) is 29.8 Å². The van der Waals surface area contributed by atoms with Crippen LogP contribution in [0.4, 0.5) is 10.5 Å². The fourth-order valence-corrected chi connectivity index (χ4v) is 1.04. The van der Waals surface area contributed by atoms with Crippen LogP contribution in [0.3, 0.4) is 0 Å². The quantitative estimate of drug-likeness (QED) is 0.767. The normalized spacial score (nSPS) is 9.07. The second-order valence-electron chi connectivity index (χ2n) is 2.99. The van der Waals surface area contributed by atoms with Crippen LogP contribution in [0.15, 0.2) is 24.3 Å². The minimum Gasteiger partial charge on any atom is -0.449 e. The second kappa shape index (κ2) is 5.71. The van der Waals surface area contributed by atoms with Crippen molar-refractivity contribution in [2.45, 2.75) is 13.3 Å². The number of carbonyl (C=O) groups excluding carboxylic acids is 1. The van der Waals surface area contributed by atoms with Crippen LogP contribution >= 0.6 is 0 Å². The van der Waals surface area contributed by atoms with Crippen molar-refractivity contribution < 1.29 is 9.53 Å². The monoisotopic (exact) mass is 203 g/mol. The molecule has 0 bridgehead atoms. The summed E-state index contributed by atoms with van der Waals surface area (Å²) in [5.41, 5.74) is 1.37. The van der Waals surface area contributed by atoms with E-state index in [-0.39, 0.29) is 0 Å². The van der Waals surface area contributed by atoms with Crippen molar-refractivity contribution in [3.63, 3.8) is 0 Å². The molecule has 0 aliphatic carbocycles. The highest BCUT2D eigenvalue weighted by molar-refractivity contribution is 5.84. The first-order valence-electron chi connectivity index (χ1n) is 4.76. The summed E-state index contributed by atoms with van der Waals surface area (Å²) in [6.07, 6.45) is 5.59. The van der Waals surface area contributed by atoms with Gasteiger partial charge >= 0.3 is 6.09 Å². The van der Waals surface area contributed by atoms with E-state index < -0.39 is 6.09 Å². The van der Waals surface area contributed by atoms with Crippen molar-refractivity contribution in [3.8, 4) is 12.3 Å². The zero-order valence-corrected chi connectivity index (χ0v) is 8.62. The number of rotatable bonds is 3. The van der Waals surface area contributed by atoms with E-state index in [2.05, 4.69) is 11.2 Å². The lowest BCUT2D eigenvalue weighted by Gasteiger charge is -2.05. The van der Waals surface area contributed by atoms with E-state index in [1.54, 1.807) is 24.3 Å².